The minimum Gasteiger partial charge on any atom is -0.384 e. The molecule has 0 aliphatic carbocycles. The summed E-state index contributed by atoms with van der Waals surface area (Å²) in [6.45, 7) is 0.596. The van der Waals surface area contributed by atoms with Gasteiger partial charge in [-0.15, -0.1) is 3.89 Å². The summed E-state index contributed by atoms with van der Waals surface area (Å²) in [7, 11) is 1.64. The number of thioether (sulfide) groups is 1. The normalized spacial score (nSPS) is 10.9. The highest BCUT2D eigenvalue weighted by molar-refractivity contribution is 7.98. The van der Waals surface area contributed by atoms with Crippen molar-refractivity contribution in [2.24, 2.45) is 0 Å². The van der Waals surface area contributed by atoms with Gasteiger partial charge in [0.1, 0.15) is 0 Å². The van der Waals surface area contributed by atoms with Crippen LogP contribution in [0.1, 0.15) is 11.3 Å². The van der Waals surface area contributed by atoms with Crippen LogP contribution < -0.4 is 0 Å². The van der Waals surface area contributed by atoms with Gasteiger partial charge < -0.3 is 4.74 Å². The fraction of sp³-hybridized carbons (Fsp3) is 0.667. The molecule has 1 heterocycles. The number of hydrogen-bond donors (Lipinski definition) is 0. The van der Waals surface area contributed by atoms with Gasteiger partial charge in [-0.2, -0.15) is 20.9 Å². The SMILES string of the molecule is COCCc1c(CCSC)cnn1SF. The Balaban J connectivity index is 2.70. The van der Waals surface area contributed by atoms with Crippen molar-refractivity contribution < 1.29 is 8.62 Å². The molecule has 0 saturated heterocycles. The molecule has 0 saturated carbocycles. The van der Waals surface area contributed by atoms with Crippen molar-refractivity contribution in [3.8, 4) is 0 Å². The van der Waals surface area contributed by atoms with E-state index in [0.717, 1.165) is 23.4 Å². The third-order valence-electron chi connectivity index (χ3n) is 2.10. The molecule has 0 unspecified atom stereocenters. The lowest BCUT2D eigenvalue weighted by molar-refractivity contribution is 0.201. The maximum absolute atomic E-state index is 12.5. The smallest absolute Gasteiger partial charge is 0.187 e. The summed E-state index contributed by atoms with van der Waals surface area (Å²) in [5.41, 5.74) is 2.05. The molecule has 3 nitrogen and oxygen atoms in total. The zero-order chi connectivity index (χ0) is 11.1. The average Bonchev–Trinajstić information content (AvgIpc) is 2.65. The van der Waals surface area contributed by atoms with Crippen LogP contribution in [0.2, 0.25) is 0 Å². The Morgan fingerprint density at radius 1 is 1.53 bits per heavy atom. The van der Waals surface area contributed by atoms with E-state index in [4.69, 9.17) is 4.74 Å². The molecule has 0 aliphatic heterocycles. The summed E-state index contributed by atoms with van der Waals surface area (Å²) in [5, 5.41) is 3.98. The summed E-state index contributed by atoms with van der Waals surface area (Å²) in [4.78, 5) is 0. The van der Waals surface area contributed by atoms with Crippen LogP contribution in [0.3, 0.4) is 0 Å². The fourth-order valence-electron chi connectivity index (χ4n) is 1.32. The number of methoxy groups -OCH3 is 1. The van der Waals surface area contributed by atoms with Crippen LogP contribution in [0.25, 0.3) is 0 Å². The molecule has 0 fully saturated rings. The number of aryl methyl sites for hydroxylation is 1. The van der Waals surface area contributed by atoms with E-state index in [2.05, 4.69) is 11.4 Å². The molecule has 6 heteroatoms. The first kappa shape index (κ1) is 12.9. The molecule has 0 bridgehead atoms. The summed E-state index contributed by atoms with van der Waals surface area (Å²) in [6, 6.07) is 0. The van der Waals surface area contributed by atoms with Crippen LogP contribution in [0.4, 0.5) is 3.89 Å². The van der Waals surface area contributed by atoms with E-state index in [1.807, 2.05) is 0 Å². The van der Waals surface area contributed by atoms with E-state index in [9.17, 15) is 3.89 Å². The van der Waals surface area contributed by atoms with E-state index in [-0.39, 0.29) is 12.3 Å². The van der Waals surface area contributed by atoms with Gasteiger partial charge in [0.25, 0.3) is 0 Å². The first-order valence-electron chi connectivity index (χ1n) is 4.66. The third kappa shape index (κ3) is 3.70. The molecular weight excluding hydrogens is 235 g/mol. The molecular formula is C9H15FN2OS2. The van der Waals surface area contributed by atoms with Crippen molar-refractivity contribution in [3.63, 3.8) is 0 Å². The minimum absolute atomic E-state index is 0.143. The van der Waals surface area contributed by atoms with Crippen LogP contribution in [0.5, 0.6) is 0 Å². The molecule has 0 spiro atoms. The summed E-state index contributed by atoms with van der Waals surface area (Å²) >= 11 is 1.92. The predicted octanol–water partition coefficient (Wildman–Crippen LogP) is 2.36. The van der Waals surface area contributed by atoms with Gasteiger partial charge in [-0.1, -0.05) is 0 Å². The zero-order valence-corrected chi connectivity index (χ0v) is 10.5. The largest absolute Gasteiger partial charge is 0.384 e. The number of ether oxygens (including phenoxy) is 1. The van der Waals surface area contributed by atoms with E-state index < -0.39 is 0 Å². The fourth-order valence-corrected chi connectivity index (χ4v) is 2.12. The van der Waals surface area contributed by atoms with Crippen LogP contribution in [0.15, 0.2) is 6.20 Å². The molecule has 0 atom stereocenters. The lowest BCUT2D eigenvalue weighted by Crippen LogP contribution is -2.03. The zero-order valence-electron chi connectivity index (χ0n) is 8.90. The predicted molar refractivity (Wildman–Crippen MR) is 64.0 cm³/mol. The van der Waals surface area contributed by atoms with E-state index in [0.29, 0.717) is 13.0 Å². The van der Waals surface area contributed by atoms with Gasteiger partial charge in [-0.05, 0) is 24.0 Å². The Morgan fingerprint density at radius 3 is 2.93 bits per heavy atom. The summed E-state index contributed by atoms with van der Waals surface area (Å²) in [5.74, 6) is 1.03. The van der Waals surface area contributed by atoms with Gasteiger partial charge in [-0.3, -0.25) is 0 Å². The Kier molecular flexibility index (Phi) is 6.12. The van der Waals surface area contributed by atoms with Gasteiger partial charge >= 0.3 is 0 Å². The van der Waals surface area contributed by atoms with Crippen LogP contribution in [-0.4, -0.2) is 34.9 Å². The molecule has 1 aromatic heterocycles. The number of nitrogens with zero attached hydrogens (tertiary/aromatic N) is 2. The Labute approximate surface area is 98.2 Å². The highest BCUT2D eigenvalue weighted by atomic mass is 32.2. The van der Waals surface area contributed by atoms with Crippen molar-refractivity contribution in [1.29, 1.82) is 0 Å². The molecule has 86 valence electrons. The first-order chi connectivity index (χ1) is 7.33. The van der Waals surface area contributed by atoms with Gasteiger partial charge in [0.05, 0.1) is 18.5 Å². The van der Waals surface area contributed by atoms with Crippen molar-refractivity contribution in [2.45, 2.75) is 12.8 Å². The van der Waals surface area contributed by atoms with Crippen LogP contribution >= 0.6 is 24.1 Å². The molecule has 0 amide bonds. The maximum atomic E-state index is 12.5. The standard InChI is InChI=1S/C9H15FN2OS2/c1-13-5-3-9-8(4-6-14-2)7-11-12(9)15-10/h7H,3-6H2,1-2H3. The van der Waals surface area contributed by atoms with E-state index in [1.54, 1.807) is 25.1 Å². The van der Waals surface area contributed by atoms with Gasteiger partial charge in [0.2, 0.25) is 0 Å². The lowest BCUT2D eigenvalue weighted by atomic mass is 10.1. The lowest BCUT2D eigenvalue weighted by Gasteiger charge is -2.04. The maximum Gasteiger partial charge on any atom is 0.187 e. The number of halogens is 1. The second kappa shape index (κ2) is 7.14. The van der Waals surface area contributed by atoms with Crippen molar-refractivity contribution in [2.75, 3.05) is 25.7 Å². The Bertz CT molecular complexity index is 294. The van der Waals surface area contributed by atoms with Crippen molar-refractivity contribution >= 4 is 24.1 Å². The summed E-state index contributed by atoms with van der Waals surface area (Å²) < 4.78 is 18.8. The molecule has 0 aliphatic rings. The Morgan fingerprint density at radius 2 is 2.33 bits per heavy atom. The van der Waals surface area contributed by atoms with Crippen molar-refractivity contribution in [3.05, 3.63) is 17.5 Å². The minimum atomic E-state index is 0.143. The second-order valence-corrected chi connectivity index (χ2v) is 4.51. The average molecular weight is 250 g/mol. The number of hydrogen-bond acceptors (Lipinski definition) is 4. The molecule has 0 N–H and O–H groups in total. The molecule has 1 aromatic rings. The van der Waals surface area contributed by atoms with Gasteiger partial charge in [-0.25, -0.2) is 0 Å². The molecule has 1 rings (SSSR count). The topological polar surface area (TPSA) is 27.1 Å². The quantitative estimate of drug-likeness (QED) is 0.742. The second-order valence-electron chi connectivity index (χ2n) is 3.04. The number of rotatable bonds is 7. The van der Waals surface area contributed by atoms with Crippen molar-refractivity contribution in [1.82, 2.24) is 9.19 Å². The van der Waals surface area contributed by atoms with Crippen LogP contribution in [-0.2, 0) is 17.6 Å². The highest BCUT2D eigenvalue weighted by Gasteiger charge is 2.10. The number of aromatic nitrogens is 2. The monoisotopic (exact) mass is 250 g/mol. The molecule has 0 radical (unpaired) electrons. The van der Waals surface area contributed by atoms with Crippen LogP contribution in [0, 0.1) is 0 Å². The molecule has 15 heavy (non-hydrogen) atoms. The molecule has 0 aromatic carbocycles. The Hall–Kier alpha value is -0.200. The van der Waals surface area contributed by atoms with E-state index in [1.165, 1.54) is 4.09 Å². The van der Waals surface area contributed by atoms with Gasteiger partial charge in [0.15, 0.2) is 12.3 Å². The van der Waals surface area contributed by atoms with Gasteiger partial charge in [0, 0.05) is 13.5 Å². The first-order valence-corrected chi connectivity index (χ1v) is 6.73. The van der Waals surface area contributed by atoms with E-state index >= 15 is 0 Å². The summed E-state index contributed by atoms with van der Waals surface area (Å²) in [6.07, 6.45) is 5.44. The highest BCUT2D eigenvalue weighted by Crippen LogP contribution is 2.18. The third-order valence-corrected chi connectivity index (χ3v) is 3.16.